The summed E-state index contributed by atoms with van der Waals surface area (Å²) >= 11 is 0. The van der Waals surface area contributed by atoms with Crippen LogP contribution in [0, 0.1) is 0 Å². The first-order valence-electron chi connectivity index (χ1n) is 8.59. The Bertz CT molecular complexity index is 663. The fourth-order valence-corrected chi connectivity index (χ4v) is 3.12. The van der Waals surface area contributed by atoms with Crippen LogP contribution in [0.15, 0.2) is 54.6 Å². The Kier molecular flexibility index (Phi) is 5.04. The lowest BCUT2D eigenvalue weighted by Gasteiger charge is -2.23. The highest BCUT2D eigenvalue weighted by molar-refractivity contribution is 5.98. The van der Waals surface area contributed by atoms with Crippen molar-refractivity contribution in [3.8, 4) is 0 Å². The molecule has 0 aliphatic carbocycles. The predicted octanol–water partition coefficient (Wildman–Crippen LogP) is 3.75. The highest BCUT2D eigenvalue weighted by atomic mass is 16.2. The number of hydrogen-bond acceptors (Lipinski definition) is 3. The van der Waals surface area contributed by atoms with E-state index in [0.29, 0.717) is 0 Å². The van der Waals surface area contributed by atoms with Crippen molar-refractivity contribution in [2.45, 2.75) is 25.8 Å². The molecule has 24 heavy (non-hydrogen) atoms. The first kappa shape index (κ1) is 16.4. The smallest absolute Gasteiger partial charge is 0.248 e. The van der Waals surface area contributed by atoms with Gasteiger partial charge in [0.25, 0.3) is 0 Å². The van der Waals surface area contributed by atoms with Crippen LogP contribution in [0.3, 0.4) is 0 Å². The number of carbonyl (C=O) groups excluding carboxylic acids is 1. The molecule has 2 aromatic rings. The van der Waals surface area contributed by atoms with E-state index < -0.39 is 0 Å². The molecule has 0 aromatic heterocycles. The maximum atomic E-state index is 12.6. The molecule has 1 atom stereocenters. The van der Waals surface area contributed by atoms with Gasteiger partial charge in [0.1, 0.15) is 6.04 Å². The Morgan fingerprint density at radius 1 is 1.04 bits per heavy atom. The van der Waals surface area contributed by atoms with E-state index >= 15 is 0 Å². The van der Waals surface area contributed by atoms with Gasteiger partial charge in [0.15, 0.2) is 0 Å². The highest BCUT2D eigenvalue weighted by Crippen LogP contribution is 2.22. The predicted molar refractivity (Wildman–Crippen MR) is 101 cm³/mol. The van der Waals surface area contributed by atoms with E-state index in [1.807, 2.05) is 44.3 Å². The van der Waals surface area contributed by atoms with Gasteiger partial charge in [-0.3, -0.25) is 4.79 Å². The minimum absolute atomic E-state index is 0.0461. The number of nitrogens with one attached hydrogen (secondary N) is 1. The van der Waals surface area contributed by atoms with Crippen molar-refractivity contribution in [2.75, 3.05) is 35.3 Å². The third-order valence-electron chi connectivity index (χ3n) is 4.57. The lowest BCUT2D eigenvalue weighted by atomic mass is 10.2. The van der Waals surface area contributed by atoms with Gasteiger partial charge in [-0.15, -0.1) is 0 Å². The van der Waals surface area contributed by atoms with E-state index in [0.717, 1.165) is 24.5 Å². The molecule has 4 heteroatoms. The molecule has 1 saturated heterocycles. The van der Waals surface area contributed by atoms with Crippen molar-refractivity contribution in [3.05, 3.63) is 54.6 Å². The van der Waals surface area contributed by atoms with Crippen LogP contribution in [0.5, 0.6) is 0 Å². The maximum absolute atomic E-state index is 12.6. The molecule has 3 rings (SSSR count). The molecule has 1 amide bonds. The van der Waals surface area contributed by atoms with Gasteiger partial charge < -0.3 is 15.1 Å². The molecule has 2 aromatic carbocycles. The summed E-state index contributed by atoms with van der Waals surface area (Å²) in [6.07, 6.45) is 2.55. The lowest BCUT2D eigenvalue weighted by Crippen LogP contribution is -2.39. The van der Waals surface area contributed by atoms with Gasteiger partial charge in [-0.1, -0.05) is 18.2 Å². The van der Waals surface area contributed by atoms with Crippen molar-refractivity contribution >= 4 is 23.0 Å². The van der Waals surface area contributed by atoms with Crippen molar-refractivity contribution in [1.82, 2.24) is 0 Å². The minimum atomic E-state index is -0.284. The van der Waals surface area contributed by atoms with Crippen LogP contribution in [0.2, 0.25) is 0 Å². The van der Waals surface area contributed by atoms with Crippen molar-refractivity contribution < 1.29 is 4.79 Å². The molecule has 0 bridgehead atoms. The fourth-order valence-electron chi connectivity index (χ4n) is 3.12. The van der Waals surface area contributed by atoms with Crippen LogP contribution in [0.1, 0.15) is 19.8 Å². The zero-order valence-electron chi connectivity index (χ0n) is 14.4. The molecule has 1 fully saturated rings. The molecule has 0 radical (unpaired) electrons. The minimum Gasteiger partial charge on any atom is -0.374 e. The first-order valence-corrected chi connectivity index (χ1v) is 8.59. The van der Waals surface area contributed by atoms with E-state index in [4.69, 9.17) is 0 Å². The van der Waals surface area contributed by atoms with Gasteiger partial charge in [0.2, 0.25) is 5.91 Å². The third kappa shape index (κ3) is 3.70. The van der Waals surface area contributed by atoms with Gasteiger partial charge in [-0.25, -0.2) is 0 Å². The maximum Gasteiger partial charge on any atom is 0.248 e. The number of para-hydroxylation sites is 1. The molecule has 4 nitrogen and oxygen atoms in total. The third-order valence-corrected chi connectivity index (χ3v) is 4.57. The molecule has 0 spiro atoms. The zero-order chi connectivity index (χ0) is 16.9. The van der Waals surface area contributed by atoms with E-state index in [1.165, 1.54) is 18.5 Å². The number of benzene rings is 2. The standard InChI is InChI=1S/C20H25N3O/c1-16(20(24)22(2)18-8-4-3-5-9-18)21-17-10-12-19(13-11-17)23-14-6-7-15-23/h3-5,8-13,16,21H,6-7,14-15H2,1-2H3/t16-/m0/s1. The van der Waals surface area contributed by atoms with Crippen LogP contribution >= 0.6 is 0 Å². The van der Waals surface area contributed by atoms with Crippen LogP contribution in [0.4, 0.5) is 17.1 Å². The molecule has 1 N–H and O–H groups in total. The summed E-state index contributed by atoms with van der Waals surface area (Å²) < 4.78 is 0. The fraction of sp³-hybridized carbons (Fsp3) is 0.350. The summed E-state index contributed by atoms with van der Waals surface area (Å²) in [5.74, 6) is 0.0461. The van der Waals surface area contributed by atoms with Gasteiger partial charge in [0, 0.05) is 37.2 Å². The van der Waals surface area contributed by atoms with Crippen LogP contribution in [-0.4, -0.2) is 32.1 Å². The number of hydrogen-bond donors (Lipinski definition) is 1. The molecular formula is C20H25N3O. The topological polar surface area (TPSA) is 35.6 Å². The van der Waals surface area contributed by atoms with Gasteiger partial charge in [0.05, 0.1) is 0 Å². The second kappa shape index (κ2) is 7.39. The summed E-state index contributed by atoms with van der Waals surface area (Å²) in [6, 6.07) is 17.8. The summed E-state index contributed by atoms with van der Waals surface area (Å²) in [5, 5.41) is 3.30. The second-order valence-electron chi connectivity index (χ2n) is 6.34. The summed E-state index contributed by atoms with van der Waals surface area (Å²) in [5.41, 5.74) is 3.14. The Labute approximate surface area is 144 Å². The number of rotatable bonds is 5. The molecule has 0 saturated carbocycles. The Morgan fingerprint density at radius 2 is 1.67 bits per heavy atom. The van der Waals surface area contributed by atoms with Crippen molar-refractivity contribution in [1.29, 1.82) is 0 Å². The average molecular weight is 323 g/mol. The van der Waals surface area contributed by atoms with Crippen LogP contribution < -0.4 is 15.1 Å². The Balaban J connectivity index is 1.61. The highest BCUT2D eigenvalue weighted by Gasteiger charge is 2.18. The van der Waals surface area contributed by atoms with E-state index in [1.54, 1.807) is 4.90 Å². The van der Waals surface area contributed by atoms with Crippen molar-refractivity contribution in [3.63, 3.8) is 0 Å². The number of likely N-dealkylation sites (N-methyl/N-ethyl adjacent to an activating group) is 1. The SMILES string of the molecule is C[C@H](Nc1ccc(N2CCCC2)cc1)C(=O)N(C)c1ccccc1. The molecule has 1 aliphatic heterocycles. The van der Waals surface area contributed by atoms with E-state index in [9.17, 15) is 4.79 Å². The molecule has 126 valence electrons. The van der Waals surface area contributed by atoms with Crippen molar-refractivity contribution in [2.24, 2.45) is 0 Å². The number of amides is 1. The second-order valence-corrected chi connectivity index (χ2v) is 6.34. The summed E-state index contributed by atoms with van der Waals surface area (Å²) in [4.78, 5) is 16.7. The average Bonchev–Trinajstić information content (AvgIpc) is 3.16. The quantitative estimate of drug-likeness (QED) is 0.910. The largest absolute Gasteiger partial charge is 0.374 e. The molecule has 1 aliphatic rings. The van der Waals surface area contributed by atoms with Crippen LogP contribution in [-0.2, 0) is 4.79 Å². The van der Waals surface area contributed by atoms with Crippen LogP contribution in [0.25, 0.3) is 0 Å². The van der Waals surface area contributed by atoms with Gasteiger partial charge in [-0.05, 0) is 56.2 Å². The Morgan fingerprint density at radius 3 is 2.29 bits per heavy atom. The number of nitrogens with zero attached hydrogens (tertiary/aromatic N) is 2. The number of anilines is 3. The summed E-state index contributed by atoms with van der Waals surface area (Å²) in [6.45, 7) is 4.18. The van der Waals surface area contributed by atoms with Gasteiger partial charge >= 0.3 is 0 Å². The first-order chi connectivity index (χ1) is 11.6. The van der Waals surface area contributed by atoms with E-state index in [-0.39, 0.29) is 11.9 Å². The van der Waals surface area contributed by atoms with E-state index in [2.05, 4.69) is 34.5 Å². The zero-order valence-corrected chi connectivity index (χ0v) is 14.4. The molecule has 1 heterocycles. The summed E-state index contributed by atoms with van der Waals surface area (Å²) in [7, 11) is 1.81. The Hall–Kier alpha value is -2.49. The molecular weight excluding hydrogens is 298 g/mol. The monoisotopic (exact) mass is 323 g/mol. The molecule has 0 unspecified atom stereocenters. The number of carbonyl (C=O) groups is 1. The normalized spacial score (nSPS) is 15.2. The lowest BCUT2D eigenvalue weighted by molar-refractivity contribution is -0.118. The van der Waals surface area contributed by atoms with Gasteiger partial charge in [-0.2, -0.15) is 0 Å².